The van der Waals surface area contributed by atoms with Crippen LogP contribution in [0.5, 0.6) is 11.5 Å². The van der Waals surface area contributed by atoms with E-state index < -0.39 is 0 Å². The number of carbonyl (C=O) groups excluding carboxylic acids is 1. The summed E-state index contributed by atoms with van der Waals surface area (Å²) in [7, 11) is 3.14. The van der Waals surface area contributed by atoms with E-state index >= 15 is 0 Å². The van der Waals surface area contributed by atoms with Gasteiger partial charge in [0.2, 0.25) is 5.91 Å². The number of hydrogen-bond donors (Lipinski definition) is 0. The summed E-state index contributed by atoms with van der Waals surface area (Å²) in [5, 5.41) is 4.07. The molecule has 0 bridgehead atoms. The van der Waals surface area contributed by atoms with E-state index in [1.54, 1.807) is 43.4 Å². The van der Waals surface area contributed by atoms with Crippen LogP contribution < -0.4 is 14.4 Å². The van der Waals surface area contributed by atoms with Gasteiger partial charge in [-0.3, -0.25) is 4.79 Å². The predicted molar refractivity (Wildman–Crippen MR) is 110 cm³/mol. The predicted octanol–water partition coefficient (Wildman–Crippen LogP) is 4.41. The molecule has 7 heteroatoms. The van der Waals surface area contributed by atoms with Crippen molar-refractivity contribution in [2.24, 2.45) is 0 Å². The summed E-state index contributed by atoms with van der Waals surface area (Å²) in [6.07, 6.45) is 1.64. The van der Waals surface area contributed by atoms with Gasteiger partial charge in [-0.25, -0.2) is 4.39 Å². The molecule has 3 aromatic rings. The standard InChI is InChI=1S/C23H23FN2O4/c1-14-4-5-15-10-17(24)7-8-19(15)26(14)23(27)13-18-12-21(30-25-18)16-6-9-20(28-2)22(11-16)29-3/h6-12,14H,4-5,13H2,1-3H3/t14-/m0/s1. The number of rotatable bonds is 5. The van der Waals surface area contributed by atoms with Crippen molar-refractivity contribution in [3.8, 4) is 22.8 Å². The molecule has 1 amide bonds. The van der Waals surface area contributed by atoms with Crippen molar-refractivity contribution in [3.63, 3.8) is 0 Å². The lowest BCUT2D eigenvalue weighted by Gasteiger charge is -2.35. The van der Waals surface area contributed by atoms with Crippen molar-refractivity contribution in [3.05, 3.63) is 59.5 Å². The number of fused-ring (bicyclic) bond motifs is 1. The minimum absolute atomic E-state index is 0.0349. The zero-order chi connectivity index (χ0) is 21.3. The van der Waals surface area contributed by atoms with Crippen molar-refractivity contribution in [1.82, 2.24) is 5.16 Å². The molecule has 1 aromatic heterocycles. The van der Waals surface area contributed by atoms with Crippen molar-refractivity contribution in [2.45, 2.75) is 32.2 Å². The normalized spacial score (nSPS) is 15.6. The summed E-state index contributed by atoms with van der Waals surface area (Å²) >= 11 is 0. The summed E-state index contributed by atoms with van der Waals surface area (Å²) < 4.78 is 29.6. The average molecular weight is 410 g/mol. The Morgan fingerprint density at radius 3 is 2.73 bits per heavy atom. The largest absolute Gasteiger partial charge is 0.493 e. The quantitative estimate of drug-likeness (QED) is 0.624. The van der Waals surface area contributed by atoms with E-state index in [9.17, 15) is 9.18 Å². The molecular weight excluding hydrogens is 387 g/mol. The second kappa shape index (κ2) is 8.18. The molecule has 1 aliphatic heterocycles. The van der Waals surface area contributed by atoms with Crippen LogP contribution >= 0.6 is 0 Å². The van der Waals surface area contributed by atoms with Crippen LogP contribution in [0.25, 0.3) is 11.3 Å². The van der Waals surface area contributed by atoms with Crippen LogP contribution in [0.3, 0.4) is 0 Å². The molecule has 0 saturated carbocycles. The van der Waals surface area contributed by atoms with Gasteiger partial charge in [0.25, 0.3) is 0 Å². The Morgan fingerprint density at radius 2 is 1.97 bits per heavy atom. The molecule has 0 radical (unpaired) electrons. The second-order valence-corrected chi connectivity index (χ2v) is 7.35. The van der Waals surface area contributed by atoms with E-state index in [0.29, 0.717) is 23.0 Å². The molecule has 0 unspecified atom stereocenters. The molecule has 2 heterocycles. The number of carbonyl (C=O) groups is 1. The molecule has 156 valence electrons. The molecule has 2 aromatic carbocycles. The molecule has 0 fully saturated rings. The first-order valence-electron chi connectivity index (χ1n) is 9.78. The van der Waals surface area contributed by atoms with Gasteiger partial charge in [-0.2, -0.15) is 0 Å². The highest BCUT2D eigenvalue weighted by Gasteiger charge is 2.29. The summed E-state index contributed by atoms with van der Waals surface area (Å²) in [5.41, 5.74) is 2.92. The molecule has 4 rings (SSSR count). The highest BCUT2D eigenvalue weighted by molar-refractivity contribution is 5.96. The number of methoxy groups -OCH3 is 2. The lowest BCUT2D eigenvalue weighted by atomic mass is 9.96. The van der Waals surface area contributed by atoms with Gasteiger partial charge in [-0.15, -0.1) is 0 Å². The fraction of sp³-hybridized carbons (Fsp3) is 0.304. The Labute approximate surface area is 174 Å². The third-order valence-electron chi connectivity index (χ3n) is 5.40. The van der Waals surface area contributed by atoms with E-state index in [-0.39, 0.29) is 24.2 Å². The first-order valence-corrected chi connectivity index (χ1v) is 9.78. The Morgan fingerprint density at radius 1 is 1.17 bits per heavy atom. The highest BCUT2D eigenvalue weighted by atomic mass is 19.1. The Bertz CT molecular complexity index is 1080. The first kappa shape index (κ1) is 19.9. The summed E-state index contributed by atoms with van der Waals surface area (Å²) in [5.74, 6) is 1.35. The molecule has 0 saturated heterocycles. The highest BCUT2D eigenvalue weighted by Crippen LogP contribution is 2.34. The minimum Gasteiger partial charge on any atom is -0.493 e. The van der Waals surface area contributed by atoms with Gasteiger partial charge < -0.3 is 18.9 Å². The summed E-state index contributed by atoms with van der Waals surface area (Å²) in [6, 6.07) is 11.8. The van der Waals surface area contributed by atoms with E-state index in [1.165, 1.54) is 12.1 Å². The summed E-state index contributed by atoms with van der Waals surface area (Å²) in [4.78, 5) is 14.8. The van der Waals surface area contributed by atoms with Gasteiger partial charge in [-0.05, 0) is 61.7 Å². The van der Waals surface area contributed by atoms with Crippen molar-refractivity contribution in [2.75, 3.05) is 19.1 Å². The molecule has 6 nitrogen and oxygen atoms in total. The molecule has 0 N–H and O–H groups in total. The van der Waals surface area contributed by atoms with Gasteiger partial charge in [0, 0.05) is 23.4 Å². The maximum Gasteiger partial charge on any atom is 0.233 e. The molecule has 0 aliphatic carbocycles. The van der Waals surface area contributed by atoms with Crippen LogP contribution in [0.1, 0.15) is 24.6 Å². The maximum absolute atomic E-state index is 13.6. The summed E-state index contributed by atoms with van der Waals surface area (Å²) in [6.45, 7) is 2.00. The van der Waals surface area contributed by atoms with Gasteiger partial charge >= 0.3 is 0 Å². The maximum atomic E-state index is 13.6. The Balaban J connectivity index is 1.55. The van der Waals surface area contributed by atoms with Gasteiger partial charge in [-0.1, -0.05) is 5.16 Å². The SMILES string of the molecule is COc1ccc(-c2cc(CC(=O)N3c4ccc(F)cc4CC[C@@H]3C)no2)cc1OC. The van der Waals surface area contributed by atoms with Gasteiger partial charge in [0.1, 0.15) is 5.82 Å². The lowest BCUT2D eigenvalue weighted by Crippen LogP contribution is -2.43. The third kappa shape index (κ3) is 3.75. The molecular formula is C23H23FN2O4. The number of halogens is 1. The molecule has 1 aliphatic rings. The number of aromatic nitrogens is 1. The van der Waals surface area contributed by atoms with Crippen molar-refractivity contribution >= 4 is 11.6 Å². The van der Waals surface area contributed by atoms with E-state index in [4.69, 9.17) is 14.0 Å². The number of aryl methyl sites for hydroxylation is 1. The van der Waals surface area contributed by atoms with Crippen molar-refractivity contribution in [1.29, 1.82) is 0 Å². The smallest absolute Gasteiger partial charge is 0.233 e. The van der Waals surface area contributed by atoms with E-state index in [0.717, 1.165) is 29.7 Å². The first-order chi connectivity index (χ1) is 14.5. The van der Waals surface area contributed by atoms with Crippen LogP contribution in [0.15, 0.2) is 47.0 Å². The fourth-order valence-electron chi connectivity index (χ4n) is 3.86. The molecule has 30 heavy (non-hydrogen) atoms. The Kier molecular flexibility index (Phi) is 5.44. The minimum atomic E-state index is -0.285. The van der Waals surface area contributed by atoms with E-state index in [2.05, 4.69) is 5.16 Å². The van der Waals surface area contributed by atoms with Crippen LogP contribution in [0.2, 0.25) is 0 Å². The zero-order valence-electron chi connectivity index (χ0n) is 17.1. The molecule has 1 atom stereocenters. The number of amides is 1. The van der Waals surface area contributed by atoms with Crippen LogP contribution in [0.4, 0.5) is 10.1 Å². The number of anilines is 1. The van der Waals surface area contributed by atoms with E-state index in [1.807, 2.05) is 13.0 Å². The third-order valence-corrected chi connectivity index (χ3v) is 5.40. The number of nitrogens with zero attached hydrogens (tertiary/aromatic N) is 2. The fourth-order valence-corrected chi connectivity index (χ4v) is 3.86. The number of ether oxygens (including phenoxy) is 2. The average Bonchev–Trinajstić information content (AvgIpc) is 3.21. The van der Waals surface area contributed by atoms with Crippen LogP contribution in [0, 0.1) is 5.82 Å². The second-order valence-electron chi connectivity index (χ2n) is 7.35. The topological polar surface area (TPSA) is 64.8 Å². The number of hydrogen-bond acceptors (Lipinski definition) is 5. The van der Waals surface area contributed by atoms with Gasteiger partial charge in [0.15, 0.2) is 17.3 Å². The lowest BCUT2D eigenvalue weighted by molar-refractivity contribution is -0.118. The molecule has 0 spiro atoms. The van der Waals surface area contributed by atoms with Gasteiger partial charge in [0.05, 0.1) is 26.3 Å². The monoisotopic (exact) mass is 410 g/mol. The Hall–Kier alpha value is -3.35. The zero-order valence-corrected chi connectivity index (χ0v) is 17.1. The van der Waals surface area contributed by atoms with Crippen molar-refractivity contribution < 1.29 is 23.2 Å². The van der Waals surface area contributed by atoms with Crippen LogP contribution in [-0.2, 0) is 17.6 Å². The van der Waals surface area contributed by atoms with Crippen LogP contribution in [-0.4, -0.2) is 31.3 Å². The number of benzene rings is 2.